The first-order valence-electron chi connectivity index (χ1n) is 16.9. The summed E-state index contributed by atoms with van der Waals surface area (Å²) in [6.07, 6.45) is 39.6. The quantitative estimate of drug-likeness (QED) is 0.0819. The summed E-state index contributed by atoms with van der Waals surface area (Å²) in [5, 5.41) is 0. The normalized spacial score (nSPS) is 11.5. The second-order valence-electron chi connectivity index (χ2n) is 11.2. The average Bonchev–Trinajstić information content (AvgIpc) is 2.89. The van der Waals surface area contributed by atoms with E-state index in [0.29, 0.717) is 0 Å². The van der Waals surface area contributed by atoms with E-state index in [9.17, 15) is 0 Å². The van der Waals surface area contributed by atoms with Crippen molar-refractivity contribution in [2.24, 2.45) is 0 Å². The third-order valence-electron chi connectivity index (χ3n) is 7.45. The van der Waals surface area contributed by atoms with E-state index in [1.165, 1.54) is 161 Å². The van der Waals surface area contributed by atoms with Crippen molar-refractivity contribution in [3.8, 4) is 0 Å². The fourth-order valence-corrected chi connectivity index (χ4v) is 4.94. The van der Waals surface area contributed by atoms with Gasteiger partial charge in [-0.05, 0) is 38.5 Å². The van der Waals surface area contributed by atoms with Crippen molar-refractivity contribution in [2.75, 3.05) is 26.4 Å². The largest absolute Gasteiger partial charge is 0.381 e. The van der Waals surface area contributed by atoms with Crippen molar-refractivity contribution >= 4 is 0 Å². The molecule has 0 bridgehead atoms. The molecule has 0 aliphatic carbocycles. The van der Waals surface area contributed by atoms with Gasteiger partial charge in [-0.15, -0.1) is 0 Å². The molecule has 36 heavy (non-hydrogen) atoms. The summed E-state index contributed by atoms with van der Waals surface area (Å²) >= 11 is 0. The number of rotatable bonds is 33. The summed E-state index contributed by atoms with van der Waals surface area (Å²) in [5.74, 6) is 0. The molecule has 0 aliphatic rings. The maximum absolute atomic E-state index is 5.81. The van der Waals surface area contributed by atoms with E-state index in [-0.39, 0.29) is 0 Å². The van der Waals surface area contributed by atoms with Gasteiger partial charge in [0.2, 0.25) is 0 Å². The summed E-state index contributed by atoms with van der Waals surface area (Å²) in [6, 6.07) is 0. The van der Waals surface area contributed by atoms with E-state index in [0.717, 1.165) is 39.3 Å². The van der Waals surface area contributed by atoms with Crippen LogP contribution in [0, 0.1) is 6.42 Å². The molecule has 2 nitrogen and oxygen atoms in total. The average molecular weight is 510 g/mol. The molecule has 217 valence electrons. The standard InChI is InChI=1S/C34H69O2/c1-3-5-7-9-11-13-15-17-19-21-23-27-31-35-33-29-25-26-30-34-36-32-28-24-22-20-18-16-14-12-10-8-6-4-2/h25H,3-24,26-34H2,1-2H3. The summed E-state index contributed by atoms with van der Waals surface area (Å²) in [4.78, 5) is 0. The molecule has 0 aromatic carbocycles. The highest BCUT2D eigenvalue weighted by atomic mass is 16.5. The summed E-state index contributed by atoms with van der Waals surface area (Å²) in [6.45, 7) is 8.32. The number of ether oxygens (including phenoxy) is 2. The van der Waals surface area contributed by atoms with Gasteiger partial charge in [0, 0.05) is 26.4 Å². The monoisotopic (exact) mass is 510 g/mol. The highest BCUT2D eigenvalue weighted by Gasteiger charge is 1.97. The van der Waals surface area contributed by atoms with Crippen molar-refractivity contribution in [3.63, 3.8) is 0 Å². The maximum atomic E-state index is 5.81. The van der Waals surface area contributed by atoms with Crippen LogP contribution in [0.5, 0.6) is 0 Å². The van der Waals surface area contributed by atoms with Gasteiger partial charge in [0.15, 0.2) is 0 Å². The van der Waals surface area contributed by atoms with Crippen LogP contribution in [0.25, 0.3) is 0 Å². The molecular weight excluding hydrogens is 440 g/mol. The third-order valence-corrected chi connectivity index (χ3v) is 7.45. The molecule has 2 heteroatoms. The lowest BCUT2D eigenvalue weighted by Crippen LogP contribution is -1.99. The van der Waals surface area contributed by atoms with Gasteiger partial charge in [0.1, 0.15) is 0 Å². The lowest BCUT2D eigenvalue weighted by Gasteiger charge is -2.06. The smallest absolute Gasteiger partial charge is 0.0468 e. The molecular formula is C34H69O2. The molecule has 0 spiro atoms. The van der Waals surface area contributed by atoms with Gasteiger partial charge in [0.05, 0.1) is 0 Å². The number of hydrogen-bond acceptors (Lipinski definition) is 2. The Balaban J connectivity index is 3.00. The zero-order valence-electron chi connectivity index (χ0n) is 25.3. The molecule has 0 aliphatic heterocycles. The van der Waals surface area contributed by atoms with Gasteiger partial charge in [0.25, 0.3) is 0 Å². The third kappa shape index (κ3) is 33.9. The number of hydrogen-bond donors (Lipinski definition) is 0. The van der Waals surface area contributed by atoms with Crippen LogP contribution in [-0.2, 0) is 9.47 Å². The van der Waals surface area contributed by atoms with Crippen LogP contribution in [0.3, 0.4) is 0 Å². The molecule has 0 amide bonds. The Kier molecular flexibility index (Phi) is 34.8. The fraction of sp³-hybridized carbons (Fsp3) is 0.971. The highest BCUT2D eigenvalue weighted by Crippen LogP contribution is 2.13. The van der Waals surface area contributed by atoms with Crippen molar-refractivity contribution in [2.45, 2.75) is 187 Å². The fourth-order valence-electron chi connectivity index (χ4n) is 4.94. The van der Waals surface area contributed by atoms with E-state index in [4.69, 9.17) is 9.47 Å². The zero-order valence-corrected chi connectivity index (χ0v) is 25.3. The number of unbranched alkanes of at least 4 members (excludes halogenated alkanes) is 25. The van der Waals surface area contributed by atoms with Crippen LogP contribution in [0.15, 0.2) is 0 Å². The Labute approximate surface area is 229 Å². The van der Waals surface area contributed by atoms with Crippen LogP contribution in [-0.4, -0.2) is 26.4 Å². The van der Waals surface area contributed by atoms with E-state index < -0.39 is 0 Å². The molecule has 0 heterocycles. The Bertz CT molecular complexity index is 323. The van der Waals surface area contributed by atoms with E-state index in [2.05, 4.69) is 20.3 Å². The van der Waals surface area contributed by atoms with Gasteiger partial charge < -0.3 is 9.47 Å². The van der Waals surface area contributed by atoms with Gasteiger partial charge in [-0.25, -0.2) is 0 Å². The van der Waals surface area contributed by atoms with Crippen LogP contribution in [0.2, 0.25) is 0 Å². The lowest BCUT2D eigenvalue weighted by molar-refractivity contribution is 0.123. The van der Waals surface area contributed by atoms with Crippen LogP contribution in [0.1, 0.15) is 187 Å². The van der Waals surface area contributed by atoms with E-state index in [1.54, 1.807) is 0 Å². The van der Waals surface area contributed by atoms with Gasteiger partial charge in [-0.3, -0.25) is 0 Å². The molecule has 0 aromatic heterocycles. The predicted molar refractivity (Wildman–Crippen MR) is 162 cm³/mol. The molecule has 0 aromatic rings. The maximum Gasteiger partial charge on any atom is 0.0468 e. The second kappa shape index (κ2) is 34.9. The molecule has 0 saturated heterocycles. The summed E-state index contributed by atoms with van der Waals surface area (Å²) in [5.41, 5.74) is 0. The summed E-state index contributed by atoms with van der Waals surface area (Å²) < 4.78 is 11.6. The van der Waals surface area contributed by atoms with Crippen molar-refractivity contribution in [1.82, 2.24) is 0 Å². The van der Waals surface area contributed by atoms with E-state index >= 15 is 0 Å². The molecule has 1 radical (unpaired) electrons. The highest BCUT2D eigenvalue weighted by molar-refractivity contribution is 4.63. The van der Waals surface area contributed by atoms with Crippen LogP contribution < -0.4 is 0 Å². The first-order chi connectivity index (χ1) is 17.9. The topological polar surface area (TPSA) is 18.5 Å². The minimum atomic E-state index is 0.901. The van der Waals surface area contributed by atoms with Crippen molar-refractivity contribution in [1.29, 1.82) is 0 Å². The Morgan fingerprint density at radius 3 is 1.00 bits per heavy atom. The SMILES string of the molecule is CCCCCCCCCCCCCCOCC[CH]CCCOCCCCCCCCCCCCCC. The Morgan fingerprint density at radius 1 is 0.306 bits per heavy atom. The Hall–Kier alpha value is -0.0800. The first kappa shape index (κ1) is 35.9. The minimum absolute atomic E-state index is 0.901. The van der Waals surface area contributed by atoms with Gasteiger partial charge in [-0.1, -0.05) is 155 Å². The van der Waals surface area contributed by atoms with Crippen LogP contribution in [0.4, 0.5) is 0 Å². The molecule has 0 saturated carbocycles. The molecule has 0 N–H and O–H groups in total. The molecule has 0 fully saturated rings. The predicted octanol–water partition coefficient (Wildman–Crippen LogP) is 11.8. The van der Waals surface area contributed by atoms with E-state index in [1.807, 2.05) is 0 Å². The van der Waals surface area contributed by atoms with Gasteiger partial charge in [-0.2, -0.15) is 0 Å². The molecule has 0 unspecified atom stereocenters. The molecule has 0 atom stereocenters. The lowest BCUT2D eigenvalue weighted by atomic mass is 10.1. The Morgan fingerprint density at radius 2 is 0.611 bits per heavy atom. The second-order valence-corrected chi connectivity index (χ2v) is 11.2. The molecule has 0 rings (SSSR count). The van der Waals surface area contributed by atoms with Gasteiger partial charge >= 0.3 is 0 Å². The zero-order chi connectivity index (χ0) is 26.0. The van der Waals surface area contributed by atoms with Crippen LogP contribution >= 0.6 is 0 Å². The summed E-state index contributed by atoms with van der Waals surface area (Å²) in [7, 11) is 0. The first-order valence-corrected chi connectivity index (χ1v) is 16.9. The van der Waals surface area contributed by atoms with Crippen molar-refractivity contribution < 1.29 is 9.47 Å². The minimum Gasteiger partial charge on any atom is -0.381 e. The van der Waals surface area contributed by atoms with Crippen molar-refractivity contribution in [3.05, 3.63) is 6.42 Å².